The zero-order valence-corrected chi connectivity index (χ0v) is 20.2. The number of benzene rings is 2. The van der Waals surface area contributed by atoms with Crippen molar-refractivity contribution in [2.75, 3.05) is 36.0 Å². The standard InChI is InChI=1S/C26H21Cl2N7/c27-18-5-7-20(8-6-18)35-24(21-3-1-2-4-22(21)28)32-23-25(30-17-31-26(23)35)34-15-13-33(14-16-34)19-9-11-29-12-10-19/h1-12,17H,13-16H2. The monoisotopic (exact) mass is 501 g/mol. The third kappa shape index (κ3) is 4.07. The van der Waals surface area contributed by atoms with Crippen molar-refractivity contribution in [2.45, 2.75) is 0 Å². The maximum atomic E-state index is 6.60. The first-order valence-corrected chi connectivity index (χ1v) is 12.1. The first-order chi connectivity index (χ1) is 17.2. The quantitative estimate of drug-likeness (QED) is 0.323. The Labute approximate surface area is 212 Å². The molecule has 6 rings (SSSR count). The number of piperazine rings is 1. The highest BCUT2D eigenvalue weighted by molar-refractivity contribution is 6.33. The molecule has 1 saturated heterocycles. The smallest absolute Gasteiger partial charge is 0.170 e. The van der Waals surface area contributed by atoms with Crippen LogP contribution >= 0.6 is 23.2 Å². The molecule has 0 spiro atoms. The summed E-state index contributed by atoms with van der Waals surface area (Å²) in [6.07, 6.45) is 5.27. The second-order valence-corrected chi connectivity index (χ2v) is 9.12. The third-order valence-electron chi connectivity index (χ3n) is 6.23. The molecule has 0 aliphatic carbocycles. The van der Waals surface area contributed by atoms with E-state index in [9.17, 15) is 0 Å². The van der Waals surface area contributed by atoms with E-state index in [1.807, 2.05) is 77.6 Å². The number of hydrogen-bond donors (Lipinski definition) is 0. The summed E-state index contributed by atoms with van der Waals surface area (Å²) in [7, 11) is 0. The molecule has 3 aromatic heterocycles. The van der Waals surface area contributed by atoms with Gasteiger partial charge in [0, 0.05) is 60.5 Å². The molecule has 0 radical (unpaired) electrons. The molecule has 1 fully saturated rings. The lowest BCUT2D eigenvalue weighted by atomic mass is 10.2. The molecule has 0 saturated carbocycles. The number of nitrogens with zero attached hydrogens (tertiary/aromatic N) is 7. The van der Waals surface area contributed by atoms with Crippen LogP contribution in [0.2, 0.25) is 10.0 Å². The van der Waals surface area contributed by atoms with E-state index in [0.29, 0.717) is 15.9 Å². The van der Waals surface area contributed by atoms with E-state index in [0.717, 1.165) is 54.4 Å². The van der Waals surface area contributed by atoms with Crippen LogP contribution in [0.3, 0.4) is 0 Å². The number of rotatable bonds is 4. The van der Waals surface area contributed by atoms with Crippen LogP contribution in [0.15, 0.2) is 79.4 Å². The molecular formula is C26H21Cl2N7. The van der Waals surface area contributed by atoms with Gasteiger partial charge in [-0.2, -0.15) is 0 Å². The van der Waals surface area contributed by atoms with Gasteiger partial charge in [-0.25, -0.2) is 15.0 Å². The van der Waals surface area contributed by atoms with Gasteiger partial charge in [0.15, 0.2) is 17.0 Å². The highest BCUT2D eigenvalue weighted by atomic mass is 35.5. The van der Waals surface area contributed by atoms with Crippen molar-refractivity contribution < 1.29 is 0 Å². The van der Waals surface area contributed by atoms with E-state index < -0.39 is 0 Å². The minimum atomic E-state index is 0.624. The van der Waals surface area contributed by atoms with Crippen LogP contribution < -0.4 is 9.80 Å². The van der Waals surface area contributed by atoms with E-state index in [1.54, 1.807) is 6.33 Å². The lowest BCUT2D eigenvalue weighted by molar-refractivity contribution is 0.648. The van der Waals surface area contributed by atoms with Gasteiger partial charge >= 0.3 is 0 Å². The molecule has 0 unspecified atom stereocenters. The number of halogens is 2. The predicted octanol–water partition coefficient (Wildman–Crippen LogP) is 5.51. The molecule has 4 heterocycles. The summed E-state index contributed by atoms with van der Waals surface area (Å²) in [5.41, 5.74) is 4.38. The topological polar surface area (TPSA) is 63.0 Å². The van der Waals surface area contributed by atoms with Gasteiger partial charge in [-0.1, -0.05) is 35.3 Å². The second kappa shape index (κ2) is 9.17. The number of aromatic nitrogens is 5. The first kappa shape index (κ1) is 21.8. The summed E-state index contributed by atoms with van der Waals surface area (Å²) in [6.45, 7) is 3.41. The van der Waals surface area contributed by atoms with Crippen LogP contribution in [0.4, 0.5) is 11.5 Å². The fourth-order valence-electron chi connectivity index (χ4n) is 4.50. The van der Waals surface area contributed by atoms with Crippen molar-refractivity contribution in [3.63, 3.8) is 0 Å². The zero-order chi connectivity index (χ0) is 23.8. The lowest BCUT2D eigenvalue weighted by Crippen LogP contribution is -2.47. The first-order valence-electron chi connectivity index (χ1n) is 11.3. The number of imidazole rings is 1. The van der Waals surface area contributed by atoms with E-state index in [2.05, 4.69) is 24.8 Å². The largest absolute Gasteiger partial charge is 0.368 e. The van der Waals surface area contributed by atoms with Crippen molar-refractivity contribution in [1.82, 2.24) is 24.5 Å². The van der Waals surface area contributed by atoms with Gasteiger partial charge in [0.25, 0.3) is 0 Å². The van der Waals surface area contributed by atoms with Crippen LogP contribution in [0.25, 0.3) is 28.2 Å². The summed E-state index contributed by atoms with van der Waals surface area (Å²) < 4.78 is 2.02. The van der Waals surface area contributed by atoms with Gasteiger partial charge in [0.2, 0.25) is 0 Å². The van der Waals surface area contributed by atoms with Gasteiger partial charge < -0.3 is 9.80 Å². The Hall–Kier alpha value is -3.68. The van der Waals surface area contributed by atoms with E-state index in [1.165, 1.54) is 5.69 Å². The minimum Gasteiger partial charge on any atom is -0.368 e. The van der Waals surface area contributed by atoms with Crippen LogP contribution in [-0.2, 0) is 0 Å². The van der Waals surface area contributed by atoms with Gasteiger partial charge in [-0.05, 0) is 48.5 Å². The predicted molar refractivity (Wildman–Crippen MR) is 141 cm³/mol. The maximum Gasteiger partial charge on any atom is 0.170 e. The molecule has 0 bridgehead atoms. The number of hydrogen-bond acceptors (Lipinski definition) is 6. The molecule has 0 atom stereocenters. The van der Waals surface area contributed by atoms with Crippen molar-refractivity contribution in [1.29, 1.82) is 0 Å². The molecule has 9 heteroatoms. The Morgan fingerprint density at radius 1 is 0.714 bits per heavy atom. The van der Waals surface area contributed by atoms with E-state index >= 15 is 0 Å². The lowest BCUT2D eigenvalue weighted by Gasteiger charge is -2.36. The van der Waals surface area contributed by atoms with Gasteiger partial charge in [-0.15, -0.1) is 0 Å². The fraction of sp³-hybridized carbons (Fsp3) is 0.154. The average Bonchev–Trinajstić information content (AvgIpc) is 3.29. The van der Waals surface area contributed by atoms with Crippen molar-refractivity contribution in [3.8, 4) is 17.1 Å². The SMILES string of the molecule is Clc1ccc(-n2c(-c3ccccc3Cl)nc3c(N4CCN(c5ccncc5)CC4)ncnc32)cc1. The average molecular weight is 502 g/mol. The van der Waals surface area contributed by atoms with Crippen molar-refractivity contribution in [3.05, 3.63) is 89.4 Å². The Morgan fingerprint density at radius 3 is 2.17 bits per heavy atom. The molecule has 0 amide bonds. The van der Waals surface area contributed by atoms with Crippen LogP contribution in [-0.4, -0.2) is 50.7 Å². The Kier molecular flexibility index (Phi) is 5.72. The summed E-state index contributed by atoms with van der Waals surface area (Å²) in [4.78, 5) is 23.1. The van der Waals surface area contributed by atoms with Crippen molar-refractivity contribution in [2.24, 2.45) is 0 Å². The molecule has 2 aromatic carbocycles. The molecule has 35 heavy (non-hydrogen) atoms. The van der Waals surface area contributed by atoms with Crippen LogP contribution in [0.1, 0.15) is 0 Å². The van der Waals surface area contributed by atoms with E-state index in [-0.39, 0.29) is 0 Å². The Bertz CT molecular complexity index is 1480. The van der Waals surface area contributed by atoms with E-state index in [4.69, 9.17) is 28.2 Å². The highest BCUT2D eigenvalue weighted by Crippen LogP contribution is 2.35. The summed E-state index contributed by atoms with van der Waals surface area (Å²) in [6, 6.07) is 19.4. The van der Waals surface area contributed by atoms with Crippen molar-refractivity contribution >= 4 is 45.9 Å². The summed E-state index contributed by atoms with van der Waals surface area (Å²) in [5, 5.41) is 1.29. The number of pyridine rings is 1. The highest BCUT2D eigenvalue weighted by Gasteiger charge is 2.25. The Morgan fingerprint density at radius 2 is 1.43 bits per heavy atom. The molecular weight excluding hydrogens is 481 g/mol. The molecule has 1 aliphatic heterocycles. The third-order valence-corrected chi connectivity index (χ3v) is 6.81. The molecule has 1 aliphatic rings. The molecule has 174 valence electrons. The van der Waals surface area contributed by atoms with Crippen LogP contribution in [0.5, 0.6) is 0 Å². The molecule has 7 nitrogen and oxygen atoms in total. The van der Waals surface area contributed by atoms with Crippen LogP contribution in [0, 0.1) is 0 Å². The molecule has 5 aromatic rings. The molecule has 0 N–H and O–H groups in total. The maximum absolute atomic E-state index is 6.60. The fourth-order valence-corrected chi connectivity index (χ4v) is 4.85. The van der Waals surface area contributed by atoms with Gasteiger partial charge in [0.1, 0.15) is 12.2 Å². The normalized spacial score (nSPS) is 14.0. The van der Waals surface area contributed by atoms with Gasteiger partial charge in [-0.3, -0.25) is 9.55 Å². The minimum absolute atomic E-state index is 0.624. The Balaban J connectivity index is 1.44. The number of fused-ring (bicyclic) bond motifs is 1. The van der Waals surface area contributed by atoms with Gasteiger partial charge in [0.05, 0.1) is 5.02 Å². The summed E-state index contributed by atoms with van der Waals surface area (Å²) >= 11 is 12.8. The summed E-state index contributed by atoms with van der Waals surface area (Å²) in [5.74, 6) is 1.54. The number of anilines is 2. The second-order valence-electron chi connectivity index (χ2n) is 8.28. The zero-order valence-electron chi connectivity index (χ0n) is 18.7.